The maximum absolute atomic E-state index is 11.1. The molecule has 4 N–H and O–H groups in total. The number of anilines is 1. The van der Waals surface area contributed by atoms with Gasteiger partial charge in [-0.1, -0.05) is 26.0 Å². The molecule has 1 aromatic carbocycles. The highest BCUT2D eigenvalue weighted by molar-refractivity contribution is 5.70. The minimum Gasteiger partial charge on any atom is -0.481 e. The van der Waals surface area contributed by atoms with Crippen molar-refractivity contribution in [3.05, 3.63) is 29.8 Å². The Kier molecular flexibility index (Phi) is 5.16. The number of carboxylic acid groups (broad SMARTS) is 1. The Bertz CT molecular complexity index is 387. The second-order valence-electron chi connectivity index (χ2n) is 4.96. The van der Waals surface area contributed by atoms with E-state index in [2.05, 4.69) is 0 Å². The Hall–Kier alpha value is -1.55. The van der Waals surface area contributed by atoms with Crippen molar-refractivity contribution in [1.82, 2.24) is 0 Å². The van der Waals surface area contributed by atoms with Crippen LogP contribution in [0.2, 0.25) is 0 Å². The van der Waals surface area contributed by atoms with Crippen LogP contribution in [0, 0.1) is 11.8 Å². The number of aliphatic hydroxyl groups is 1. The van der Waals surface area contributed by atoms with Gasteiger partial charge in [0.2, 0.25) is 0 Å². The molecule has 4 nitrogen and oxygen atoms in total. The van der Waals surface area contributed by atoms with Crippen LogP contribution in [0.25, 0.3) is 0 Å². The predicted octanol–water partition coefficient (Wildman–Crippen LogP) is 1.92. The molecule has 18 heavy (non-hydrogen) atoms. The second kappa shape index (κ2) is 6.40. The van der Waals surface area contributed by atoms with Crippen molar-refractivity contribution in [3.8, 4) is 0 Å². The van der Waals surface area contributed by atoms with Gasteiger partial charge in [-0.2, -0.15) is 0 Å². The molecule has 0 fully saturated rings. The Morgan fingerprint density at radius 1 is 1.28 bits per heavy atom. The van der Waals surface area contributed by atoms with E-state index in [1.54, 1.807) is 12.1 Å². The van der Waals surface area contributed by atoms with E-state index in [9.17, 15) is 9.90 Å². The van der Waals surface area contributed by atoms with Crippen molar-refractivity contribution in [2.24, 2.45) is 11.8 Å². The van der Waals surface area contributed by atoms with E-state index >= 15 is 0 Å². The average Bonchev–Trinajstić information content (AvgIpc) is 2.31. The molecule has 0 amide bonds. The van der Waals surface area contributed by atoms with Crippen molar-refractivity contribution < 1.29 is 15.0 Å². The van der Waals surface area contributed by atoms with Gasteiger partial charge in [0, 0.05) is 5.69 Å². The zero-order valence-corrected chi connectivity index (χ0v) is 10.8. The molecule has 0 heterocycles. The van der Waals surface area contributed by atoms with Gasteiger partial charge in [-0.3, -0.25) is 4.79 Å². The first-order valence-electron chi connectivity index (χ1n) is 6.17. The maximum atomic E-state index is 11.1. The van der Waals surface area contributed by atoms with Gasteiger partial charge in [-0.25, -0.2) is 0 Å². The van der Waals surface area contributed by atoms with Crippen LogP contribution in [0.15, 0.2) is 24.3 Å². The molecule has 1 aromatic rings. The molecular formula is C14H21NO3. The second-order valence-corrected chi connectivity index (χ2v) is 4.96. The van der Waals surface area contributed by atoms with Gasteiger partial charge in [0.05, 0.1) is 12.0 Å². The van der Waals surface area contributed by atoms with Gasteiger partial charge in [-0.05, 0) is 36.5 Å². The number of aliphatic carboxylic acids is 1. The molecule has 0 saturated carbocycles. The van der Waals surface area contributed by atoms with Crippen molar-refractivity contribution in [3.63, 3.8) is 0 Å². The number of hydrogen-bond acceptors (Lipinski definition) is 3. The van der Waals surface area contributed by atoms with Crippen LogP contribution in [-0.4, -0.2) is 22.3 Å². The quantitative estimate of drug-likeness (QED) is 0.674. The molecule has 0 saturated heterocycles. The minimum absolute atomic E-state index is 0.0579. The van der Waals surface area contributed by atoms with Crippen LogP contribution in [0.1, 0.15) is 25.8 Å². The average molecular weight is 251 g/mol. The van der Waals surface area contributed by atoms with Crippen LogP contribution >= 0.6 is 0 Å². The molecule has 2 unspecified atom stereocenters. The summed E-state index contributed by atoms with van der Waals surface area (Å²) in [5.41, 5.74) is 7.31. The number of aryl methyl sites for hydroxylation is 1. The van der Waals surface area contributed by atoms with Crippen LogP contribution in [0.5, 0.6) is 0 Å². The fourth-order valence-electron chi connectivity index (χ4n) is 1.91. The molecular weight excluding hydrogens is 230 g/mol. The number of nitrogen functional groups attached to an aromatic ring is 1. The van der Waals surface area contributed by atoms with Crippen molar-refractivity contribution in [1.29, 1.82) is 0 Å². The van der Waals surface area contributed by atoms with Gasteiger partial charge in [-0.15, -0.1) is 0 Å². The van der Waals surface area contributed by atoms with Crippen LogP contribution < -0.4 is 5.73 Å². The molecule has 0 aliphatic carbocycles. The number of rotatable bonds is 6. The number of hydrogen-bond donors (Lipinski definition) is 3. The third-order valence-corrected chi connectivity index (χ3v) is 3.14. The first-order chi connectivity index (χ1) is 8.41. The monoisotopic (exact) mass is 251 g/mol. The highest BCUT2D eigenvalue weighted by Gasteiger charge is 2.28. The van der Waals surface area contributed by atoms with Crippen molar-refractivity contribution in [2.45, 2.75) is 32.8 Å². The first-order valence-corrected chi connectivity index (χ1v) is 6.17. The lowest BCUT2D eigenvalue weighted by Crippen LogP contribution is -2.32. The lowest BCUT2D eigenvalue weighted by atomic mass is 9.88. The molecule has 0 aliphatic heterocycles. The predicted molar refractivity (Wildman–Crippen MR) is 71.1 cm³/mol. The van der Waals surface area contributed by atoms with Gasteiger partial charge >= 0.3 is 5.97 Å². The Morgan fingerprint density at radius 2 is 1.83 bits per heavy atom. The summed E-state index contributed by atoms with van der Waals surface area (Å²) in [6.07, 6.45) is 0.246. The van der Waals surface area contributed by atoms with Crippen molar-refractivity contribution >= 4 is 11.7 Å². The summed E-state index contributed by atoms with van der Waals surface area (Å²) in [5.74, 6) is -1.72. The molecule has 2 atom stereocenters. The van der Waals surface area contributed by atoms with Crippen LogP contribution in [0.3, 0.4) is 0 Å². The lowest BCUT2D eigenvalue weighted by molar-refractivity contribution is -0.147. The molecule has 0 aliphatic rings. The van der Waals surface area contributed by atoms with E-state index in [-0.39, 0.29) is 5.92 Å². The summed E-state index contributed by atoms with van der Waals surface area (Å²) >= 11 is 0. The zero-order valence-electron chi connectivity index (χ0n) is 10.8. The molecule has 0 aromatic heterocycles. The molecule has 0 radical (unpaired) electrons. The number of benzene rings is 1. The van der Waals surface area contributed by atoms with Gasteiger partial charge in [0.25, 0.3) is 0 Å². The molecule has 0 spiro atoms. The molecule has 1 rings (SSSR count). The number of carbonyl (C=O) groups is 1. The summed E-state index contributed by atoms with van der Waals surface area (Å²) in [6, 6.07) is 7.36. The summed E-state index contributed by atoms with van der Waals surface area (Å²) in [7, 11) is 0. The lowest BCUT2D eigenvalue weighted by Gasteiger charge is -2.22. The summed E-state index contributed by atoms with van der Waals surface area (Å²) in [4.78, 5) is 11.1. The topological polar surface area (TPSA) is 83.5 Å². The van der Waals surface area contributed by atoms with Gasteiger partial charge in [0.15, 0.2) is 0 Å². The minimum atomic E-state index is -0.938. The Balaban J connectivity index is 2.63. The largest absolute Gasteiger partial charge is 0.481 e. The van der Waals surface area contributed by atoms with E-state index in [1.807, 2.05) is 26.0 Å². The highest BCUT2D eigenvalue weighted by Crippen LogP contribution is 2.19. The summed E-state index contributed by atoms with van der Waals surface area (Å²) in [6.45, 7) is 3.65. The smallest absolute Gasteiger partial charge is 0.309 e. The van der Waals surface area contributed by atoms with E-state index in [0.29, 0.717) is 18.5 Å². The van der Waals surface area contributed by atoms with E-state index in [1.165, 1.54) is 0 Å². The molecule has 0 bridgehead atoms. The Labute approximate surface area is 107 Å². The molecule has 100 valence electrons. The standard InChI is InChI=1S/C14H21NO3/c1-9(2)13(16)12(14(17)18)8-5-10-3-6-11(15)7-4-10/h3-4,6-7,9,12-13,16H,5,8,15H2,1-2H3,(H,17,18). The third-order valence-electron chi connectivity index (χ3n) is 3.14. The fraction of sp³-hybridized carbons (Fsp3) is 0.500. The summed E-state index contributed by atoms with van der Waals surface area (Å²) in [5, 5.41) is 19.0. The van der Waals surface area contributed by atoms with E-state index in [4.69, 9.17) is 10.8 Å². The van der Waals surface area contributed by atoms with Gasteiger partial charge < -0.3 is 15.9 Å². The normalized spacial score (nSPS) is 14.4. The maximum Gasteiger partial charge on any atom is 0.309 e. The number of aliphatic hydroxyl groups excluding tert-OH is 1. The number of carboxylic acids is 1. The van der Waals surface area contributed by atoms with Crippen LogP contribution in [0.4, 0.5) is 5.69 Å². The number of nitrogens with two attached hydrogens (primary N) is 1. The summed E-state index contributed by atoms with van der Waals surface area (Å²) < 4.78 is 0. The third kappa shape index (κ3) is 4.04. The van der Waals surface area contributed by atoms with Gasteiger partial charge in [0.1, 0.15) is 0 Å². The zero-order chi connectivity index (χ0) is 13.7. The molecule has 4 heteroatoms. The fourth-order valence-corrected chi connectivity index (χ4v) is 1.91. The Morgan fingerprint density at radius 3 is 2.28 bits per heavy atom. The first kappa shape index (κ1) is 14.5. The van der Waals surface area contributed by atoms with E-state index in [0.717, 1.165) is 5.56 Å². The van der Waals surface area contributed by atoms with Crippen molar-refractivity contribution in [2.75, 3.05) is 5.73 Å². The van der Waals surface area contributed by atoms with Crippen LogP contribution in [-0.2, 0) is 11.2 Å². The van der Waals surface area contributed by atoms with E-state index < -0.39 is 18.0 Å². The SMILES string of the molecule is CC(C)C(O)C(CCc1ccc(N)cc1)C(=O)O. The highest BCUT2D eigenvalue weighted by atomic mass is 16.4.